The van der Waals surface area contributed by atoms with Crippen LogP contribution in [0.3, 0.4) is 0 Å². The van der Waals surface area contributed by atoms with Gasteiger partial charge in [0.15, 0.2) is 0 Å². The summed E-state index contributed by atoms with van der Waals surface area (Å²) in [6, 6.07) is 1.97. The van der Waals surface area contributed by atoms with Crippen LogP contribution in [0.2, 0.25) is 5.28 Å². The molecule has 1 saturated heterocycles. The Morgan fingerprint density at radius 2 is 2.20 bits per heavy atom. The number of hydrogen-bond donors (Lipinski definition) is 2. The Labute approximate surface area is 152 Å². The molecule has 1 aliphatic heterocycles. The number of likely N-dealkylation sites (tertiary alicyclic amines) is 1. The van der Waals surface area contributed by atoms with Gasteiger partial charge in [-0.1, -0.05) is 6.92 Å². The maximum absolute atomic E-state index is 12.4. The number of nitrogens with zero attached hydrogens (tertiary/aromatic N) is 3. The molecule has 3 rings (SSSR count). The zero-order valence-corrected chi connectivity index (χ0v) is 15.7. The van der Waals surface area contributed by atoms with E-state index >= 15 is 0 Å². The number of nitrogens with one attached hydrogen (secondary N) is 2. The second-order valence-electron chi connectivity index (χ2n) is 7.52. The number of carbonyl (C=O) groups is 1. The van der Waals surface area contributed by atoms with E-state index in [4.69, 9.17) is 16.3 Å². The first-order valence-corrected chi connectivity index (χ1v) is 8.86. The highest BCUT2D eigenvalue weighted by atomic mass is 35.5. The molecule has 8 heteroatoms. The molecule has 1 fully saturated rings. The maximum Gasteiger partial charge on any atom is 0.410 e. The van der Waals surface area contributed by atoms with Gasteiger partial charge in [-0.15, -0.1) is 0 Å². The average molecular weight is 366 g/mol. The first-order chi connectivity index (χ1) is 11.7. The first kappa shape index (κ1) is 17.8. The zero-order valence-electron chi connectivity index (χ0n) is 15.0. The molecular formula is C17H24ClN5O2. The second-order valence-corrected chi connectivity index (χ2v) is 7.86. The van der Waals surface area contributed by atoms with E-state index in [2.05, 4.69) is 27.2 Å². The van der Waals surface area contributed by atoms with E-state index in [-0.39, 0.29) is 17.4 Å². The molecule has 25 heavy (non-hydrogen) atoms. The quantitative estimate of drug-likeness (QED) is 0.793. The highest BCUT2D eigenvalue weighted by Gasteiger charge is 2.32. The van der Waals surface area contributed by atoms with Crippen LogP contribution < -0.4 is 5.32 Å². The van der Waals surface area contributed by atoms with Crippen molar-refractivity contribution in [3.05, 3.63) is 17.5 Å². The van der Waals surface area contributed by atoms with E-state index in [1.54, 1.807) is 11.1 Å². The van der Waals surface area contributed by atoms with E-state index in [0.29, 0.717) is 30.5 Å². The Hall–Kier alpha value is -2.02. The summed E-state index contributed by atoms with van der Waals surface area (Å²) in [4.78, 5) is 25.6. The minimum Gasteiger partial charge on any atom is -0.444 e. The van der Waals surface area contributed by atoms with Gasteiger partial charge in [0.1, 0.15) is 17.1 Å². The molecule has 136 valence electrons. The molecule has 2 aromatic rings. The van der Waals surface area contributed by atoms with Crippen molar-refractivity contribution >= 4 is 34.5 Å². The van der Waals surface area contributed by atoms with E-state index in [0.717, 1.165) is 11.8 Å². The maximum atomic E-state index is 12.4. The zero-order chi connectivity index (χ0) is 18.2. The van der Waals surface area contributed by atoms with Crippen molar-refractivity contribution in [2.45, 2.75) is 45.8 Å². The first-order valence-electron chi connectivity index (χ1n) is 8.48. The lowest BCUT2D eigenvalue weighted by Gasteiger charge is -2.38. The van der Waals surface area contributed by atoms with Crippen LogP contribution in [0.4, 0.5) is 10.6 Å². The van der Waals surface area contributed by atoms with Crippen LogP contribution in [0.5, 0.6) is 0 Å². The molecule has 0 aliphatic carbocycles. The fourth-order valence-electron chi connectivity index (χ4n) is 2.95. The lowest BCUT2D eigenvalue weighted by atomic mass is 9.93. The molecular weight excluding hydrogens is 342 g/mol. The summed E-state index contributed by atoms with van der Waals surface area (Å²) in [7, 11) is 0. The summed E-state index contributed by atoms with van der Waals surface area (Å²) in [5.74, 6) is 1.07. The number of aromatic amines is 1. The number of H-pyrrole nitrogens is 1. The molecule has 3 heterocycles. The Kier molecular flexibility index (Phi) is 4.77. The third-order valence-electron chi connectivity index (χ3n) is 4.32. The van der Waals surface area contributed by atoms with Crippen LogP contribution in [0.25, 0.3) is 11.0 Å². The Bertz CT molecular complexity index is 770. The third-order valence-corrected chi connectivity index (χ3v) is 4.49. The topological polar surface area (TPSA) is 83.1 Å². The minimum absolute atomic E-state index is 0.0605. The fraction of sp³-hybridized carbons (Fsp3) is 0.588. The van der Waals surface area contributed by atoms with Gasteiger partial charge < -0.3 is 19.9 Å². The van der Waals surface area contributed by atoms with Crippen molar-refractivity contribution in [2.24, 2.45) is 5.92 Å². The van der Waals surface area contributed by atoms with E-state index in [1.807, 2.05) is 26.8 Å². The third kappa shape index (κ3) is 4.15. The van der Waals surface area contributed by atoms with Crippen molar-refractivity contribution in [1.82, 2.24) is 19.9 Å². The number of fused-ring (bicyclic) bond motifs is 1. The normalized spacial score (nSPS) is 21.4. The van der Waals surface area contributed by atoms with Crippen LogP contribution in [0, 0.1) is 5.92 Å². The fourth-order valence-corrected chi connectivity index (χ4v) is 3.12. The number of ether oxygens (including phenoxy) is 1. The monoisotopic (exact) mass is 365 g/mol. The van der Waals surface area contributed by atoms with E-state index in [9.17, 15) is 4.79 Å². The molecule has 0 unspecified atom stereocenters. The van der Waals surface area contributed by atoms with Crippen LogP contribution in [-0.2, 0) is 4.74 Å². The van der Waals surface area contributed by atoms with Crippen molar-refractivity contribution in [3.8, 4) is 0 Å². The highest BCUT2D eigenvalue weighted by molar-refractivity contribution is 6.28. The van der Waals surface area contributed by atoms with Gasteiger partial charge in [0, 0.05) is 25.3 Å². The largest absolute Gasteiger partial charge is 0.444 e. The van der Waals surface area contributed by atoms with Crippen molar-refractivity contribution < 1.29 is 9.53 Å². The van der Waals surface area contributed by atoms with Gasteiger partial charge in [0.25, 0.3) is 0 Å². The van der Waals surface area contributed by atoms with E-state index in [1.165, 1.54) is 0 Å². The standard InChI is InChI=1S/C17H24ClN5O2/c1-10-6-8-23(16(24)25-17(2,3)4)9-12(10)20-14-11-5-7-19-13(11)21-15(18)22-14/h5,7,10,12H,6,8-9H2,1-4H3,(H2,19,20,21,22)/t10-,12-/m0/s1. The SMILES string of the molecule is C[C@H]1CCN(C(=O)OC(C)(C)C)C[C@@H]1Nc1nc(Cl)nc2[nH]ccc12. The highest BCUT2D eigenvalue weighted by Crippen LogP contribution is 2.26. The van der Waals surface area contributed by atoms with Gasteiger partial charge in [-0.25, -0.2) is 9.78 Å². The molecule has 1 aliphatic rings. The Balaban J connectivity index is 1.76. The van der Waals surface area contributed by atoms with Gasteiger partial charge in [-0.05, 0) is 50.8 Å². The predicted octanol–water partition coefficient (Wildman–Crippen LogP) is 3.67. The number of hydrogen-bond acceptors (Lipinski definition) is 5. The number of halogens is 1. The molecule has 0 spiro atoms. The predicted molar refractivity (Wildman–Crippen MR) is 97.9 cm³/mol. The average Bonchev–Trinajstić information content (AvgIpc) is 2.95. The number of amides is 1. The van der Waals surface area contributed by atoms with Gasteiger partial charge in [-0.2, -0.15) is 4.98 Å². The summed E-state index contributed by atoms with van der Waals surface area (Å²) >= 11 is 6.02. The van der Waals surface area contributed by atoms with Gasteiger partial charge in [-0.3, -0.25) is 0 Å². The van der Waals surface area contributed by atoms with Gasteiger partial charge in [0.05, 0.1) is 5.39 Å². The van der Waals surface area contributed by atoms with Gasteiger partial charge in [0.2, 0.25) is 5.28 Å². The number of piperidine rings is 1. The number of anilines is 1. The molecule has 1 amide bonds. The molecule has 2 aromatic heterocycles. The van der Waals surface area contributed by atoms with E-state index < -0.39 is 5.60 Å². The Morgan fingerprint density at radius 3 is 2.92 bits per heavy atom. The molecule has 0 aromatic carbocycles. The molecule has 0 bridgehead atoms. The van der Waals surface area contributed by atoms with Crippen molar-refractivity contribution in [2.75, 3.05) is 18.4 Å². The van der Waals surface area contributed by atoms with Crippen LogP contribution in [0.15, 0.2) is 12.3 Å². The molecule has 2 N–H and O–H groups in total. The summed E-state index contributed by atoms with van der Waals surface area (Å²) in [5.41, 5.74) is 0.190. The van der Waals surface area contributed by atoms with Crippen molar-refractivity contribution in [1.29, 1.82) is 0 Å². The summed E-state index contributed by atoms with van der Waals surface area (Å²) in [6.07, 6.45) is 2.42. The number of rotatable bonds is 2. The van der Waals surface area contributed by atoms with Crippen LogP contribution in [-0.4, -0.2) is 50.7 Å². The van der Waals surface area contributed by atoms with Crippen molar-refractivity contribution in [3.63, 3.8) is 0 Å². The van der Waals surface area contributed by atoms with Crippen LogP contribution in [0.1, 0.15) is 34.1 Å². The molecule has 2 atom stereocenters. The number of aromatic nitrogens is 3. The minimum atomic E-state index is -0.499. The smallest absolute Gasteiger partial charge is 0.410 e. The summed E-state index contributed by atoms with van der Waals surface area (Å²) < 4.78 is 5.50. The van der Waals surface area contributed by atoms with Crippen LogP contribution >= 0.6 is 11.6 Å². The number of carbonyl (C=O) groups excluding carboxylic acids is 1. The second kappa shape index (κ2) is 6.71. The lowest BCUT2D eigenvalue weighted by Crippen LogP contribution is -2.50. The lowest BCUT2D eigenvalue weighted by molar-refractivity contribution is 0.0176. The summed E-state index contributed by atoms with van der Waals surface area (Å²) in [6.45, 7) is 9.04. The van der Waals surface area contributed by atoms with Gasteiger partial charge >= 0.3 is 6.09 Å². The Morgan fingerprint density at radius 1 is 1.44 bits per heavy atom. The molecule has 0 radical (unpaired) electrons. The molecule has 7 nitrogen and oxygen atoms in total. The molecule has 0 saturated carbocycles. The summed E-state index contributed by atoms with van der Waals surface area (Å²) in [5, 5.41) is 4.51.